The number of methoxy groups -OCH3 is 3. The van der Waals surface area contributed by atoms with Crippen molar-refractivity contribution in [2.45, 2.75) is 85.4 Å². The summed E-state index contributed by atoms with van der Waals surface area (Å²) in [5.41, 5.74) is 3.67. The zero-order valence-corrected chi connectivity index (χ0v) is 58.8. The van der Waals surface area contributed by atoms with Crippen molar-refractivity contribution in [3.05, 3.63) is 125 Å². The van der Waals surface area contributed by atoms with E-state index in [4.69, 9.17) is 62.3 Å². The fraction of sp³-hybridized carbons (Fsp3) is 0.500. The topological polar surface area (TPSA) is 357 Å². The van der Waals surface area contributed by atoms with Gasteiger partial charge < -0.3 is 84.1 Å². The number of carbonyl (C=O) groups excluding carboxylic acids is 1. The third-order valence-electron chi connectivity index (χ3n) is 12.3. The van der Waals surface area contributed by atoms with Gasteiger partial charge in [-0.05, 0) is 53.1 Å². The Morgan fingerprint density at radius 3 is 1.71 bits per heavy atom. The number of halogens is 2. The van der Waals surface area contributed by atoms with Crippen LogP contribution < -0.4 is 122 Å². The van der Waals surface area contributed by atoms with Crippen LogP contribution in [0.15, 0.2) is 103 Å². The summed E-state index contributed by atoms with van der Waals surface area (Å²) in [5, 5.41) is 54.6. The van der Waals surface area contributed by atoms with E-state index in [-0.39, 0.29) is 145 Å². The molecular formula is C50H69FIK2O24PS4. The first kappa shape index (κ1) is 81.1. The van der Waals surface area contributed by atoms with Gasteiger partial charge in [0.2, 0.25) is 20.8 Å². The van der Waals surface area contributed by atoms with E-state index in [0.717, 1.165) is 39.5 Å². The standard InChI is InChI=1S/C40H46O12S2.C9H18O9S2.CH2O3.FH.H2IP.2K.H/c1-44-32-15-9-28(10-16-32)21-47-25-38-39(49-23-30-13-19-34(46-3)20-14-30)37(48-22-29-11-17-33(45-2)18-12-29)27-53(38)26-36-35(52-54(41,42)43)24-50-40(51-36)31-7-5-4-6-8-31;10-1-7(18-20(15,16)17)5(12)3-19-4-6(13)9(14)8(19)2-11;2-1-4-3;;1-2;;;/h4-20,35-40H,21-27H2,1-3H3;5-14H,1-4H2;1,3H;1H;2H2;;;/q;;;;;2*+1;-1/p-1/t35-,36+,37+,38+,39+,40?,53?;5-,6-,7+,8-,9-,19?;;;;;;/m01....../s1. The van der Waals surface area contributed by atoms with Gasteiger partial charge in [-0.3, -0.25) is 17.9 Å². The van der Waals surface area contributed by atoms with E-state index in [9.17, 15) is 41.3 Å². The van der Waals surface area contributed by atoms with Crippen LogP contribution in [0.2, 0.25) is 0 Å². The van der Waals surface area contributed by atoms with Gasteiger partial charge in [-0.1, -0.05) is 95.7 Å². The van der Waals surface area contributed by atoms with Gasteiger partial charge in [0.05, 0.1) is 67.6 Å². The first-order valence-corrected chi connectivity index (χ1v) is 34.2. The molecule has 14 atom stereocenters. The van der Waals surface area contributed by atoms with E-state index in [0.29, 0.717) is 37.9 Å². The zero-order chi connectivity index (χ0) is 58.8. The van der Waals surface area contributed by atoms with E-state index in [2.05, 4.69) is 38.0 Å². The molecular weight excluding hydrogens is 1370 g/mol. The van der Waals surface area contributed by atoms with Gasteiger partial charge in [-0.25, -0.2) is 16.8 Å². The summed E-state index contributed by atoms with van der Waals surface area (Å²) in [4.78, 5) is 11.2. The number of hydrogen-bond donors (Lipinski definition) is 5. The molecule has 33 heteroatoms. The molecule has 0 spiro atoms. The minimum atomic E-state index is -5.07. The van der Waals surface area contributed by atoms with Crippen molar-refractivity contribution >= 4 is 78.0 Å². The Morgan fingerprint density at radius 2 is 1.25 bits per heavy atom. The van der Waals surface area contributed by atoms with Crippen LogP contribution in [0.4, 0.5) is 4.70 Å². The van der Waals surface area contributed by atoms with Crippen LogP contribution in [0.1, 0.15) is 30.0 Å². The third kappa shape index (κ3) is 28.4. The van der Waals surface area contributed by atoms with Crippen molar-refractivity contribution in [2.75, 3.05) is 70.8 Å². The molecule has 0 aromatic heterocycles. The molecule has 7 rings (SSSR count). The first-order valence-electron chi connectivity index (χ1n) is 24.1. The van der Waals surface area contributed by atoms with Gasteiger partial charge in [0.25, 0.3) is 6.47 Å². The van der Waals surface area contributed by atoms with Gasteiger partial charge in [-0.15, -0.1) is 0 Å². The van der Waals surface area contributed by atoms with E-state index in [1.54, 1.807) is 21.3 Å². The second kappa shape index (κ2) is 43.0. The van der Waals surface area contributed by atoms with E-state index < -0.39 is 110 Å². The number of carbonyl (C=O) groups is 1. The molecule has 4 unspecified atom stereocenters. The maximum atomic E-state index is 11.9. The predicted octanol–water partition coefficient (Wildman–Crippen LogP) is -4.82. The van der Waals surface area contributed by atoms with E-state index >= 15 is 0 Å². The maximum absolute atomic E-state index is 11.9. The second-order valence-corrected chi connectivity index (χ2v) is 24.2. The molecule has 0 saturated carbocycles. The van der Waals surface area contributed by atoms with Gasteiger partial charge in [0, 0.05) is 27.4 Å². The Morgan fingerprint density at radius 1 is 0.747 bits per heavy atom. The minimum Gasteiger partial charge on any atom is -1.00 e. The summed E-state index contributed by atoms with van der Waals surface area (Å²) in [6.45, 7) is 2.10. The molecule has 3 aliphatic rings. The maximum Gasteiger partial charge on any atom is 1.00 e. The molecule has 4 aromatic rings. The molecule has 0 amide bonds. The quantitative estimate of drug-likeness (QED) is 0.00453. The monoisotopic (exact) mass is 1440 g/mol. The number of aliphatic hydroxyl groups excluding tert-OH is 5. The number of ether oxygens (including phenoxy) is 8. The molecule has 5 N–H and O–H groups in total. The van der Waals surface area contributed by atoms with Gasteiger partial charge in [0.1, 0.15) is 89.1 Å². The van der Waals surface area contributed by atoms with Crippen LogP contribution in [-0.2, 0) is 104 Å². The Hall–Kier alpha value is 0.113. The molecule has 24 nitrogen and oxygen atoms in total. The van der Waals surface area contributed by atoms with Crippen LogP contribution in [-0.4, -0.2) is 188 Å². The molecule has 0 bridgehead atoms. The van der Waals surface area contributed by atoms with Crippen molar-refractivity contribution in [3.8, 4) is 17.2 Å². The van der Waals surface area contributed by atoms with E-state index in [1.165, 1.54) is 0 Å². The molecule has 4 aromatic carbocycles. The Bertz CT molecular complexity index is 2610. The van der Waals surface area contributed by atoms with Crippen LogP contribution in [0.25, 0.3) is 0 Å². The predicted molar refractivity (Wildman–Crippen MR) is 303 cm³/mol. The molecule has 458 valence electrons. The SMILES string of the molecule is COc1ccc(COC[C@@H]2[C@H](OCc3ccc(OC)cc3)[C@H](OCc3ccc(OC)cc3)C[S+]2C[C@H]2OC(c3ccccc3)OC[C@@H]2OS(=O)(=O)[O-])cc1.F.O=CO[O-].O=S(=O)([O-])O[C@@H](CO)[C@H](O)C[S+]1C[C@@H](O)[C@@H](O)[C@H]1CO.PI.[H-].[K+].[K+]. The summed E-state index contributed by atoms with van der Waals surface area (Å²) in [7, 11) is -6.57. The Labute approximate surface area is 590 Å². The normalized spacial score (nSPS) is 24.3. The molecule has 3 fully saturated rings. The number of hydrogen-bond acceptors (Lipinski definition) is 24. The average molecular weight is 1440 g/mol. The van der Waals surface area contributed by atoms with Crippen molar-refractivity contribution < 1.29 is 222 Å². The van der Waals surface area contributed by atoms with Crippen molar-refractivity contribution in [1.82, 2.24) is 0 Å². The van der Waals surface area contributed by atoms with Crippen LogP contribution in [0.5, 0.6) is 17.2 Å². The third-order valence-corrected chi connectivity index (χ3v) is 18.9. The Balaban J connectivity index is 0.00000193. The van der Waals surface area contributed by atoms with Crippen LogP contribution in [0.3, 0.4) is 0 Å². The molecule has 0 radical (unpaired) electrons. The molecule has 0 aliphatic carbocycles. The van der Waals surface area contributed by atoms with Crippen molar-refractivity contribution in [1.29, 1.82) is 0 Å². The van der Waals surface area contributed by atoms with Crippen molar-refractivity contribution in [3.63, 3.8) is 0 Å². The summed E-state index contributed by atoms with van der Waals surface area (Å²) in [6.07, 6.45) is -8.72. The smallest absolute Gasteiger partial charge is 1.00 e. The summed E-state index contributed by atoms with van der Waals surface area (Å²) in [6, 6.07) is 32.4. The second-order valence-electron chi connectivity index (χ2n) is 17.5. The van der Waals surface area contributed by atoms with Gasteiger partial charge in [-0.2, -0.15) is 0 Å². The van der Waals surface area contributed by atoms with Crippen LogP contribution >= 0.6 is 28.9 Å². The minimum absolute atomic E-state index is 0. The molecule has 83 heavy (non-hydrogen) atoms. The summed E-state index contributed by atoms with van der Waals surface area (Å²) >= 11 is 2.07. The number of rotatable bonds is 26. The first-order chi connectivity index (χ1) is 38.3. The summed E-state index contributed by atoms with van der Waals surface area (Å²) < 4.78 is 124. The van der Waals surface area contributed by atoms with E-state index in [1.807, 2.05) is 103 Å². The molecule has 3 heterocycles. The van der Waals surface area contributed by atoms with Gasteiger partial charge >= 0.3 is 103 Å². The number of benzene rings is 4. The zero-order valence-electron chi connectivity index (χ0n) is 47.0. The Kier molecular flexibility index (Phi) is 42.0. The number of aliphatic hydroxyl groups is 5. The van der Waals surface area contributed by atoms with Gasteiger partial charge in [0.15, 0.2) is 16.8 Å². The van der Waals surface area contributed by atoms with Crippen molar-refractivity contribution in [2.24, 2.45) is 0 Å². The van der Waals surface area contributed by atoms with Crippen LogP contribution in [0, 0.1) is 0 Å². The largest absolute Gasteiger partial charge is 1.00 e. The molecule has 3 aliphatic heterocycles. The molecule has 3 saturated heterocycles. The fourth-order valence-electron chi connectivity index (χ4n) is 8.40. The fourth-order valence-corrected chi connectivity index (χ4v) is 15.1. The summed E-state index contributed by atoms with van der Waals surface area (Å²) in [5.74, 6) is 3.20. The average Bonchev–Trinajstić information content (AvgIpc) is 4.14.